The number of furan rings is 1. The van der Waals surface area contributed by atoms with E-state index >= 15 is 0 Å². The number of nitrogens with zero attached hydrogens (tertiary/aromatic N) is 2. The molecule has 0 amide bonds. The highest BCUT2D eigenvalue weighted by Gasteiger charge is 2.05. The fraction of sp³-hybridized carbons (Fsp3) is 0.235. The molecule has 0 spiro atoms. The number of hydrogen-bond donors (Lipinski definition) is 2. The summed E-state index contributed by atoms with van der Waals surface area (Å²) in [5.41, 5.74) is 2.49. The molecule has 2 N–H and O–H groups in total. The molecule has 6 nitrogen and oxygen atoms in total. The van der Waals surface area contributed by atoms with Crippen LogP contribution in [-0.4, -0.2) is 15.0 Å². The smallest absolute Gasteiger partial charge is 0.251 e. The second kappa shape index (κ2) is 6.48. The molecule has 3 aromatic heterocycles. The Morgan fingerprint density at radius 3 is 2.83 bits per heavy atom. The van der Waals surface area contributed by atoms with Crippen LogP contribution in [0.2, 0.25) is 0 Å². The van der Waals surface area contributed by atoms with Gasteiger partial charge < -0.3 is 14.7 Å². The van der Waals surface area contributed by atoms with Crippen molar-refractivity contribution in [3.8, 4) is 11.4 Å². The van der Waals surface area contributed by atoms with Crippen molar-refractivity contribution in [1.29, 1.82) is 0 Å². The van der Waals surface area contributed by atoms with E-state index in [2.05, 4.69) is 20.3 Å². The number of aryl methyl sites for hydroxylation is 2. The van der Waals surface area contributed by atoms with E-state index in [4.69, 9.17) is 4.42 Å². The number of hydrogen-bond acceptors (Lipinski definition) is 5. The standard InChI is InChI=1S/C17H18N4O2/c1-3-14-8-16(22)21-17(20-14)13-4-5-15(19-10-13)18-9-12-6-7-23-11(12)2/h4-8,10H,3,9H2,1-2H3,(H,18,19)(H,20,21,22). The van der Waals surface area contributed by atoms with Gasteiger partial charge in [0.05, 0.1) is 6.26 Å². The fourth-order valence-electron chi connectivity index (χ4n) is 2.24. The largest absolute Gasteiger partial charge is 0.469 e. The van der Waals surface area contributed by atoms with Crippen molar-refractivity contribution in [1.82, 2.24) is 15.0 Å². The molecule has 0 aromatic carbocycles. The van der Waals surface area contributed by atoms with Gasteiger partial charge in [-0.3, -0.25) is 4.79 Å². The molecule has 3 rings (SSSR count). The van der Waals surface area contributed by atoms with Crippen LogP contribution in [0.1, 0.15) is 23.9 Å². The first-order valence-electron chi connectivity index (χ1n) is 7.49. The summed E-state index contributed by atoms with van der Waals surface area (Å²) in [6.45, 7) is 4.54. The minimum Gasteiger partial charge on any atom is -0.469 e. The van der Waals surface area contributed by atoms with Crippen molar-refractivity contribution in [2.45, 2.75) is 26.8 Å². The van der Waals surface area contributed by atoms with Crippen LogP contribution >= 0.6 is 0 Å². The van der Waals surface area contributed by atoms with E-state index in [1.165, 1.54) is 6.07 Å². The maximum absolute atomic E-state index is 11.6. The molecule has 0 saturated carbocycles. The summed E-state index contributed by atoms with van der Waals surface area (Å²) >= 11 is 0. The fourth-order valence-corrected chi connectivity index (χ4v) is 2.24. The SMILES string of the molecule is CCc1cc(=O)[nH]c(-c2ccc(NCc3ccoc3C)nc2)n1. The van der Waals surface area contributed by atoms with Gasteiger partial charge in [0.15, 0.2) is 0 Å². The summed E-state index contributed by atoms with van der Waals surface area (Å²) in [6, 6.07) is 7.19. The molecule has 0 aliphatic carbocycles. The summed E-state index contributed by atoms with van der Waals surface area (Å²) in [5, 5.41) is 3.24. The Morgan fingerprint density at radius 1 is 1.30 bits per heavy atom. The third-order valence-electron chi connectivity index (χ3n) is 3.62. The van der Waals surface area contributed by atoms with Crippen LogP contribution in [0, 0.1) is 6.92 Å². The van der Waals surface area contributed by atoms with Gasteiger partial charge in [0.25, 0.3) is 5.56 Å². The van der Waals surface area contributed by atoms with Gasteiger partial charge in [-0.05, 0) is 31.5 Å². The molecule has 118 valence electrons. The Bertz CT molecular complexity index is 850. The molecule has 0 aliphatic rings. The van der Waals surface area contributed by atoms with Crippen LogP contribution in [0.3, 0.4) is 0 Å². The first-order chi connectivity index (χ1) is 11.2. The Labute approximate surface area is 133 Å². The first kappa shape index (κ1) is 15.0. The summed E-state index contributed by atoms with van der Waals surface area (Å²) in [5.74, 6) is 2.19. The normalized spacial score (nSPS) is 10.7. The van der Waals surface area contributed by atoms with Crippen LogP contribution in [-0.2, 0) is 13.0 Å². The molecule has 0 saturated heterocycles. The Kier molecular flexibility index (Phi) is 4.23. The molecule has 3 aromatic rings. The van der Waals surface area contributed by atoms with Crippen molar-refractivity contribution >= 4 is 5.82 Å². The van der Waals surface area contributed by atoms with Crippen molar-refractivity contribution in [3.05, 3.63) is 64.1 Å². The minimum atomic E-state index is -0.149. The van der Waals surface area contributed by atoms with Gasteiger partial charge >= 0.3 is 0 Å². The Hall–Kier alpha value is -2.89. The topological polar surface area (TPSA) is 83.8 Å². The van der Waals surface area contributed by atoms with Crippen molar-refractivity contribution in [3.63, 3.8) is 0 Å². The molecule has 0 radical (unpaired) electrons. The number of pyridine rings is 1. The van der Waals surface area contributed by atoms with E-state index in [0.29, 0.717) is 18.8 Å². The lowest BCUT2D eigenvalue weighted by molar-refractivity contribution is 0.530. The monoisotopic (exact) mass is 310 g/mol. The van der Waals surface area contributed by atoms with E-state index in [1.807, 2.05) is 32.0 Å². The lowest BCUT2D eigenvalue weighted by Crippen LogP contribution is -2.10. The zero-order chi connectivity index (χ0) is 16.2. The Balaban J connectivity index is 1.75. The highest BCUT2D eigenvalue weighted by atomic mass is 16.3. The predicted octanol–water partition coefficient (Wildman–Crippen LogP) is 2.91. The highest BCUT2D eigenvalue weighted by Crippen LogP contribution is 2.16. The number of H-pyrrole nitrogens is 1. The zero-order valence-corrected chi connectivity index (χ0v) is 13.1. The quantitative estimate of drug-likeness (QED) is 0.757. The number of aromatic nitrogens is 3. The van der Waals surface area contributed by atoms with Crippen LogP contribution < -0.4 is 10.9 Å². The molecular formula is C17H18N4O2. The lowest BCUT2D eigenvalue weighted by atomic mass is 10.2. The van der Waals surface area contributed by atoms with Crippen LogP contribution in [0.4, 0.5) is 5.82 Å². The second-order valence-electron chi connectivity index (χ2n) is 5.23. The molecule has 0 atom stereocenters. The van der Waals surface area contributed by atoms with Crippen molar-refractivity contribution < 1.29 is 4.42 Å². The van der Waals surface area contributed by atoms with Gasteiger partial charge in [-0.1, -0.05) is 6.92 Å². The molecular weight excluding hydrogens is 292 g/mol. The summed E-state index contributed by atoms with van der Waals surface area (Å²) in [4.78, 5) is 23.2. The van der Waals surface area contributed by atoms with Crippen LogP contribution in [0.5, 0.6) is 0 Å². The first-order valence-corrected chi connectivity index (χ1v) is 7.49. The van der Waals surface area contributed by atoms with Gasteiger partial charge in [0, 0.05) is 35.6 Å². The van der Waals surface area contributed by atoms with Crippen LogP contribution in [0.25, 0.3) is 11.4 Å². The van der Waals surface area contributed by atoms with E-state index in [1.54, 1.807) is 12.5 Å². The average Bonchev–Trinajstić information content (AvgIpc) is 2.98. The highest BCUT2D eigenvalue weighted by molar-refractivity contribution is 5.55. The third kappa shape index (κ3) is 3.48. The Morgan fingerprint density at radius 2 is 2.17 bits per heavy atom. The molecule has 3 heterocycles. The van der Waals surface area contributed by atoms with Crippen LogP contribution in [0.15, 0.2) is 45.9 Å². The van der Waals surface area contributed by atoms with Gasteiger partial charge in [0.2, 0.25) is 0 Å². The molecule has 6 heteroatoms. The summed E-state index contributed by atoms with van der Waals surface area (Å²) in [7, 11) is 0. The zero-order valence-electron chi connectivity index (χ0n) is 13.1. The molecule has 0 aliphatic heterocycles. The van der Waals surface area contributed by atoms with E-state index in [-0.39, 0.29) is 5.56 Å². The summed E-state index contributed by atoms with van der Waals surface area (Å²) in [6.07, 6.45) is 4.09. The lowest BCUT2D eigenvalue weighted by Gasteiger charge is -2.06. The van der Waals surface area contributed by atoms with E-state index < -0.39 is 0 Å². The number of rotatable bonds is 5. The molecule has 0 fully saturated rings. The number of aromatic amines is 1. The number of anilines is 1. The van der Waals surface area contributed by atoms with E-state index in [0.717, 1.165) is 28.4 Å². The maximum atomic E-state index is 11.6. The minimum absolute atomic E-state index is 0.149. The third-order valence-corrected chi connectivity index (χ3v) is 3.62. The van der Waals surface area contributed by atoms with Gasteiger partial charge in [-0.2, -0.15) is 0 Å². The molecule has 0 unspecified atom stereocenters. The van der Waals surface area contributed by atoms with Crippen molar-refractivity contribution in [2.75, 3.05) is 5.32 Å². The van der Waals surface area contributed by atoms with Gasteiger partial charge in [0.1, 0.15) is 17.4 Å². The summed E-state index contributed by atoms with van der Waals surface area (Å²) < 4.78 is 5.26. The molecule has 23 heavy (non-hydrogen) atoms. The van der Waals surface area contributed by atoms with E-state index in [9.17, 15) is 4.79 Å². The molecule has 0 bridgehead atoms. The average molecular weight is 310 g/mol. The maximum Gasteiger partial charge on any atom is 0.251 e. The van der Waals surface area contributed by atoms with Crippen molar-refractivity contribution in [2.24, 2.45) is 0 Å². The predicted molar refractivity (Wildman–Crippen MR) is 88.2 cm³/mol. The van der Waals surface area contributed by atoms with Gasteiger partial charge in [-0.25, -0.2) is 9.97 Å². The van der Waals surface area contributed by atoms with Gasteiger partial charge in [-0.15, -0.1) is 0 Å². The second-order valence-corrected chi connectivity index (χ2v) is 5.23. The number of nitrogens with one attached hydrogen (secondary N) is 2.